The van der Waals surface area contributed by atoms with Crippen molar-refractivity contribution in [2.24, 2.45) is 0 Å². The van der Waals surface area contributed by atoms with Crippen LogP contribution in [-0.4, -0.2) is 31.2 Å². The highest BCUT2D eigenvalue weighted by Crippen LogP contribution is 2.09. The van der Waals surface area contributed by atoms with Crippen molar-refractivity contribution in [3.05, 3.63) is 34.9 Å². The Kier molecular flexibility index (Phi) is 4.28. The van der Waals surface area contributed by atoms with Crippen LogP contribution in [0.25, 0.3) is 0 Å². The summed E-state index contributed by atoms with van der Waals surface area (Å²) in [6.45, 7) is -0.139. The first-order chi connectivity index (χ1) is 7.38. The molecule has 0 radical (unpaired) electrons. The molecule has 16 heavy (non-hydrogen) atoms. The maximum Gasteiger partial charge on any atom is 0.266 e. The largest absolute Gasteiger partial charge is 0.351 e. The molecule has 88 valence electrons. The topological polar surface area (TPSA) is 83.5 Å². The van der Waals surface area contributed by atoms with Gasteiger partial charge in [-0.2, -0.15) is 8.42 Å². The van der Waals surface area contributed by atoms with E-state index in [1.165, 1.54) is 12.1 Å². The van der Waals surface area contributed by atoms with Crippen molar-refractivity contribution < 1.29 is 17.8 Å². The minimum absolute atomic E-state index is 0.139. The first kappa shape index (κ1) is 13.0. The molecule has 0 fully saturated rings. The Morgan fingerprint density at radius 2 is 1.88 bits per heavy atom. The van der Waals surface area contributed by atoms with Crippen LogP contribution in [-0.2, 0) is 10.1 Å². The van der Waals surface area contributed by atoms with Gasteiger partial charge in [0.1, 0.15) is 0 Å². The smallest absolute Gasteiger partial charge is 0.266 e. The average molecular weight is 264 g/mol. The van der Waals surface area contributed by atoms with Crippen LogP contribution in [0.5, 0.6) is 0 Å². The first-order valence-electron chi connectivity index (χ1n) is 4.37. The van der Waals surface area contributed by atoms with E-state index >= 15 is 0 Å². The van der Waals surface area contributed by atoms with E-state index in [9.17, 15) is 13.2 Å². The number of benzene rings is 1. The molecule has 2 N–H and O–H groups in total. The molecule has 1 rings (SSSR count). The molecule has 0 bridgehead atoms. The van der Waals surface area contributed by atoms with Gasteiger partial charge in [0, 0.05) is 17.1 Å². The van der Waals surface area contributed by atoms with Crippen LogP contribution in [0.2, 0.25) is 5.02 Å². The predicted molar refractivity (Wildman–Crippen MR) is 60.2 cm³/mol. The molecule has 0 saturated carbocycles. The number of carbonyl (C=O) groups excluding carboxylic acids is 1. The van der Waals surface area contributed by atoms with Gasteiger partial charge in [-0.25, -0.2) is 0 Å². The van der Waals surface area contributed by atoms with E-state index in [0.29, 0.717) is 10.6 Å². The van der Waals surface area contributed by atoms with Gasteiger partial charge in [-0.3, -0.25) is 9.35 Å². The fourth-order valence-corrected chi connectivity index (χ4v) is 1.48. The number of hydrogen-bond donors (Lipinski definition) is 2. The van der Waals surface area contributed by atoms with E-state index < -0.39 is 21.8 Å². The molecule has 0 aliphatic carbocycles. The van der Waals surface area contributed by atoms with Gasteiger partial charge in [-0.15, -0.1) is 0 Å². The lowest BCUT2D eigenvalue weighted by molar-refractivity contribution is 0.0956. The van der Waals surface area contributed by atoms with Crippen molar-refractivity contribution >= 4 is 27.6 Å². The van der Waals surface area contributed by atoms with Crippen molar-refractivity contribution in [3.63, 3.8) is 0 Å². The monoisotopic (exact) mass is 263 g/mol. The Bertz CT molecular complexity index is 469. The van der Waals surface area contributed by atoms with Gasteiger partial charge in [-0.1, -0.05) is 11.6 Å². The Labute approximate surface area is 98.2 Å². The molecule has 0 saturated heterocycles. The minimum Gasteiger partial charge on any atom is -0.351 e. The summed E-state index contributed by atoms with van der Waals surface area (Å²) in [7, 11) is -4.04. The van der Waals surface area contributed by atoms with Gasteiger partial charge < -0.3 is 5.32 Å². The molecule has 5 nitrogen and oxygen atoms in total. The van der Waals surface area contributed by atoms with Crippen molar-refractivity contribution in [2.75, 3.05) is 12.3 Å². The lowest BCUT2D eigenvalue weighted by atomic mass is 10.2. The van der Waals surface area contributed by atoms with E-state index in [2.05, 4.69) is 5.32 Å². The van der Waals surface area contributed by atoms with E-state index in [1.54, 1.807) is 12.1 Å². The fraction of sp³-hybridized carbons (Fsp3) is 0.222. The van der Waals surface area contributed by atoms with Gasteiger partial charge in [0.2, 0.25) is 0 Å². The van der Waals surface area contributed by atoms with Gasteiger partial charge in [0.15, 0.2) is 0 Å². The summed E-state index contributed by atoms with van der Waals surface area (Å²) < 4.78 is 29.2. The van der Waals surface area contributed by atoms with Crippen LogP contribution < -0.4 is 5.32 Å². The lowest BCUT2D eigenvalue weighted by Gasteiger charge is -2.03. The number of amides is 1. The summed E-state index contributed by atoms with van der Waals surface area (Å²) in [6, 6.07) is 6.15. The van der Waals surface area contributed by atoms with Gasteiger partial charge in [-0.05, 0) is 24.3 Å². The molecule has 0 unspecified atom stereocenters. The second kappa shape index (κ2) is 5.29. The summed E-state index contributed by atoms with van der Waals surface area (Å²) in [6.07, 6.45) is 0. The highest BCUT2D eigenvalue weighted by molar-refractivity contribution is 7.85. The molecule has 1 amide bonds. The van der Waals surface area contributed by atoms with Crippen LogP contribution in [0, 0.1) is 0 Å². The minimum atomic E-state index is -4.04. The number of carbonyl (C=O) groups is 1. The third kappa shape index (κ3) is 4.61. The molecule has 1 aromatic rings. The van der Waals surface area contributed by atoms with Gasteiger partial charge >= 0.3 is 0 Å². The zero-order valence-corrected chi connectivity index (χ0v) is 9.75. The zero-order chi connectivity index (χ0) is 12.2. The molecular formula is C9H10ClNO4S. The van der Waals surface area contributed by atoms with E-state index in [4.69, 9.17) is 16.2 Å². The Morgan fingerprint density at radius 3 is 2.38 bits per heavy atom. The molecule has 0 aromatic heterocycles. The first-order valence-corrected chi connectivity index (χ1v) is 6.36. The van der Waals surface area contributed by atoms with Crippen molar-refractivity contribution in [2.45, 2.75) is 0 Å². The maximum atomic E-state index is 11.4. The normalized spacial score (nSPS) is 11.1. The zero-order valence-electron chi connectivity index (χ0n) is 8.18. The summed E-state index contributed by atoms with van der Waals surface area (Å²) in [5, 5.41) is 2.86. The predicted octanol–water partition coefficient (Wildman–Crippen LogP) is 0.958. The molecular weight excluding hydrogens is 254 g/mol. The number of hydrogen-bond acceptors (Lipinski definition) is 3. The second-order valence-corrected chi connectivity index (χ2v) is 5.06. The highest BCUT2D eigenvalue weighted by Gasteiger charge is 2.07. The molecule has 0 atom stereocenters. The lowest BCUT2D eigenvalue weighted by Crippen LogP contribution is -2.28. The third-order valence-electron chi connectivity index (χ3n) is 1.75. The number of halogens is 1. The molecule has 0 heterocycles. The fourth-order valence-electron chi connectivity index (χ4n) is 0.997. The van der Waals surface area contributed by atoms with Gasteiger partial charge in [0.25, 0.3) is 16.0 Å². The quantitative estimate of drug-likeness (QED) is 0.793. The Balaban J connectivity index is 2.50. The van der Waals surface area contributed by atoms with E-state index in [0.717, 1.165) is 0 Å². The van der Waals surface area contributed by atoms with Crippen molar-refractivity contribution in [3.8, 4) is 0 Å². The van der Waals surface area contributed by atoms with Crippen LogP contribution >= 0.6 is 11.6 Å². The van der Waals surface area contributed by atoms with Gasteiger partial charge in [0.05, 0.1) is 5.75 Å². The van der Waals surface area contributed by atoms with E-state index in [1.807, 2.05) is 0 Å². The standard InChI is InChI=1S/C9H10ClNO4S/c10-8-3-1-7(2-4-8)9(12)11-5-6-16(13,14)15/h1-4H,5-6H2,(H,11,12)(H,13,14,15). The summed E-state index contributed by atoms with van der Waals surface area (Å²) in [5.41, 5.74) is 0.375. The molecule has 7 heteroatoms. The Hall–Kier alpha value is -1.11. The van der Waals surface area contributed by atoms with Crippen LogP contribution in [0.3, 0.4) is 0 Å². The second-order valence-electron chi connectivity index (χ2n) is 3.05. The number of rotatable bonds is 4. The van der Waals surface area contributed by atoms with Crippen molar-refractivity contribution in [1.82, 2.24) is 5.32 Å². The van der Waals surface area contributed by atoms with Crippen LogP contribution in [0.1, 0.15) is 10.4 Å². The highest BCUT2D eigenvalue weighted by atomic mass is 35.5. The molecule has 0 aliphatic rings. The van der Waals surface area contributed by atoms with Crippen LogP contribution in [0.15, 0.2) is 24.3 Å². The van der Waals surface area contributed by atoms with E-state index in [-0.39, 0.29) is 6.54 Å². The SMILES string of the molecule is O=C(NCCS(=O)(=O)O)c1ccc(Cl)cc1. The summed E-state index contributed by atoms with van der Waals surface area (Å²) >= 11 is 5.64. The number of nitrogens with one attached hydrogen (secondary N) is 1. The summed E-state index contributed by atoms with van der Waals surface area (Å²) in [4.78, 5) is 11.4. The summed E-state index contributed by atoms with van der Waals surface area (Å²) in [5.74, 6) is -0.924. The van der Waals surface area contributed by atoms with Crippen LogP contribution in [0.4, 0.5) is 0 Å². The maximum absolute atomic E-state index is 11.4. The Morgan fingerprint density at radius 1 is 1.31 bits per heavy atom. The molecule has 1 aromatic carbocycles. The molecule has 0 aliphatic heterocycles. The average Bonchev–Trinajstić information content (AvgIpc) is 2.16. The molecule has 0 spiro atoms. The third-order valence-corrected chi connectivity index (χ3v) is 2.72. The van der Waals surface area contributed by atoms with Crippen molar-refractivity contribution in [1.29, 1.82) is 0 Å².